The minimum Gasteiger partial charge on any atom is -0.465 e. The van der Waals surface area contributed by atoms with Crippen LogP contribution in [-0.2, 0) is 0 Å². The van der Waals surface area contributed by atoms with Crippen LogP contribution in [0.3, 0.4) is 0 Å². The standard InChI is InChI=1S/C15H16N4O3/c1-4-22-15-16-8-12-13(20)17-10-7-9(14(21)18(2)3)5-6-11(10)19(12)15/h5-8H,4H2,1-3H3,(H,17,20). The van der Waals surface area contributed by atoms with Crippen molar-refractivity contribution in [3.05, 3.63) is 40.3 Å². The van der Waals surface area contributed by atoms with Gasteiger partial charge < -0.3 is 14.6 Å². The Kier molecular flexibility index (Phi) is 3.32. The van der Waals surface area contributed by atoms with Gasteiger partial charge in [0.25, 0.3) is 11.5 Å². The zero-order valence-electron chi connectivity index (χ0n) is 12.6. The molecule has 3 aromatic rings. The maximum atomic E-state index is 12.2. The number of nitrogens with zero attached hydrogens (tertiary/aromatic N) is 3. The topological polar surface area (TPSA) is 79.7 Å². The van der Waals surface area contributed by atoms with Gasteiger partial charge in [0, 0.05) is 19.7 Å². The number of nitrogens with one attached hydrogen (secondary N) is 1. The first-order chi connectivity index (χ1) is 10.5. The van der Waals surface area contributed by atoms with Gasteiger partial charge in [-0.25, -0.2) is 4.98 Å². The van der Waals surface area contributed by atoms with Gasteiger partial charge in [0.15, 0.2) is 0 Å². The van der Waals surface area contributed by atoms with Crippen molar-refractivity contribution in [3.8, 4) is 6.01 Å². The van der Waals surface area contributed by atoms with Crippen LogP contribution in [0, 0.1) is 0 Å². The molecule has 0 aliphatic rings. The summed E-state index contributed by atoms with van der Waals surface area (Å²) in [5.74, 6) is -0.126. The number of fused-ring (bicyclic) bond motifs is 3. The smallest absolute Gasteiger partial charge is 0.301 e. The van der Waals surface area contributed by atoms with Gasteiger partial charge in [-0.3, -0.25) is 14.0 Å². The number of carbonyl (C=O) groups is 1. The van der Waals surface area contributed by atoms with E-state index in [0.29, 0.717) is 29.2 Å². The van der Waals surface area contributed by atoms with Gasteiger partial charge in [0.1, 0.15) is 5.52 Å². The van der Waals surface area contributed by atoms with E-state index in [2.05, 4.69) is 9.97 Å². The summed E-state index contributed by atoms with van der Waals surface area (Å²) in [6.07, 6.45) is 1.47. The van der Waals surface area contributed by atoms with Gasteiger partial charge in [0.2, 0.25) is 0 Å². The highest BCUT2D eigenvalue weighted by Crippen LogP contribution is 2.20. The van der Waals surface area contributed by atoms with Crippen LogP contribution in [0.1, 0.15) is 17.3 Å². The number of rotatable bonds is 3. The average molecular weight is 300 g/mol. The molecule has 3 rings (SSSR count). The molecule has 2 aromatic heterocycles. The molecule has 0 bridgehead atoms. The van der Waals surface area contributed by atoms with E-state index in [9.17, 15) is 9.59 Å². The van der Waals surface area contributed by atoms with Crippen molar-refractivity contribution in [3.63, 3.8) is 0 Å². The lowest BCUT2D eigenvalue weighted by atomic mass is 10.1. The Hall–Kier alpha value is -2.83. The molecule has 1 N–H and O–H groups in total. The molecule has 0 unspecified atom stereocenters. The lowest BCUT2D eigenvalue weighted by Gasteiger charge is -2.11. The Morgan fingerprint density at radius 1 is 1.36 bits per heavy atom. The molecular formula is C15H16N4O3. The van der Waals surface area contributed by atoms with Crippen LogP contribution in [0.4, 0.5) is 0 Å². The molecule has 7 nitrogen and oxygen atoms in total. The van der Waals surface area contributed by atoms with Crippen molar-refractivity contribution < 1.29 is 9.53 Å². The molecular weight excluding hydrogens is 284 g/mol. The van der Waals surface area contributed by atoms with Gasteiger partial charge in [-0.05, 0) is 25.1 Å². The maximum Gasteiger partial charge on any atom is 0.301 e. The van der Waals surface area contributed by atoms with E-state index < -0.39 is 0 Å². The number of carbonyl (C=O) groups excluding carboxylic acids is 1. The van der Waals surface area contributed by atoms with Crippen molar-refractivity contribution in [1.29, 1.82) is 0 Å². The van der Waals surface area contributed by atoms with E-state index in [1.54, 1.807) is 36.7 Å². The summed E-state index contributed by atoms with van der Waals surface area (Å²) >= 11 is 0. The summed E-state index contributed by atoms with van der Waals surface area (Å²) in [5, 5.41) is 0. The second-order valence-corrected chi connectivity index (χ2v) is 5.08. The van der Waals surface area contributed by atoms with Crippen LogP contribution < -0.4 is 10.3 Å². The number of H-pyrrole nitrogens is 1. The molecule has 114 valence electrons. The second kappa shape index (κ2) is 5.18. The van der Waals surface area contributed by atoms with Crippen molar-refractivity contribution in [2.24, 2.45) is 0 Å². The predicted molar refractivity (Wildman–Crippen MR) is 82.5 cm³/mol. The Bertz CT molecular complexity index is 924. The van der Waals surface area contributed by atoms with E-state index in [-0.39, 0.29) is 11.5 Å². The summed E-state index contributed by atoms with van der Waals surface area (Å²) in [6.45, 7) is 2.30. The fraction of sp³-hybridized carbons (Fsp3) is 0.267. The molecule has 0 aliphatic heterocycles. The maximum absolute atomic E-state index is 12.2. The number of hydrogen-bond donors (Lipinski definition) is 1. The van der Waals surface area contributed by atoms with Crippen LogP contribution in [0.25, 0.3) is 16.6 Å². The number of ether oxygens (including phenoxy) is 1. The fourth-order valence-electron chi connectivity index (χ4n) is 2.37. The van der Waals surface area contributed by atoms with Crippen LogP contribution >= 0.6 is 0 Å². The third kappa shape index (κ3) is 2.11. The Labute approximate surface area is 126 Å². The second-order valence-electron chi connectivity index (χ2n) is 5.08. The van der Waals surface area contributed by atoms with E-state index >= 15 is 0 Å². The molecule has 1 aromatic carbocycles. The number of benzene rings is 1. The molecule has 0 radical (unpaired) electrons. The van der Waals surface area contributed by atoms with Gasteiger partial charge in [-0.15, -0.1) is 0 Å². The van der Waals surface area contributed by atoms with Gasteiger partial charge in [0.05, 0.1) is 23.8 Å². The highest BCUT2D eigenvalue weighted by Gasteiger charge is 2.14. The van der Waals surface area contributed by atoms with Crippen molar-refractivity contribution in [2.45, 2.75) is 6.92 Å². The first-order valence-corrected chi connectivity index (χ1v) is 6.91. The van der Waals surface area contributed by atoms with Crippen LogP contribution in [-0.4, -0.2) is 45.9 Å². The van der Waals surface area contributed by atoms with Crippen LogP contribution in [0.2, 0.25) is 0 Å². The lowest BCUT2D eigenvalue weighted by Crippen LogP contribution is -2.21. The van der Waals surface area contributed by atoms with Crippen molar-refractivity contribution >= 4 is 22.5 Å². The number of imidazole rings is 1. The summed E-state index contributed by atoms with van der Waals surface area (Å²) in [5.41, 5.74) is 1.92. The zero-order chi connectivity index (χ0) is 15.9. The first-order valence-electron chi connectivity index (χ1n) is 6.91. The van der Waals surface area contributed by atoms with Gasteiger partial charge in [-0.2, -0.15) is 0 Å². The SMILES string of the molecule is CCOc1ncc2c(=O)[nH]c3cc(C(=O)N(C)C)ccc3n12. The zero-order valence-corrected chi connectivity index (χ0v) is 12.6. The molecule has 0 saturated heterocycles. The van der Waals surface area contributed by atoms with E-state index in [1.165, 1.54) is 11.1 Å². The van der Waals surface area contributed by atoms with E-state index in [0.717, 1.165) is 5.52 Å². The largest absolute Gasteiger partial charge is 0.465 e. The van der Waals surface area contributed by atoms with E-state index in [1.807, 2.05) is 6.92 Å². The molecule has 0 saturated carbocycles. The fourth-order valence-corrected chi connectivity index (χ4v) is 2.37. The van der Waals surface area contributed by atoms with Crippen LogP contribution in [0.5, 0.6) is 6.01 Å². The summed E-state index contributed by atoms with van der Waals surface area (Å²) in [4.78, 5) is 32.6. The highest BCUT2D eigenvalue weighted by molar-refractivity contribution is 5.97. The quantitative estimate of drug-likeness (QED) is 0.790. The predicted octanol–water partition coefficient (Wildman–Crippen LogP) is 1.28. The molecule has 22 heavy (non-hydrogen) atoms. The third-order valence-electron chi connectivity index (χ3n) is 3.37. The summed E-state index contributed by atoms with van der Waals surface area (Å²) in [6, 6.07) is 5.52. The van der Waals surface area contributed by atoms with Crippen molar-refractivity contribution in [1.82, 2.24) is 19.3 Å². The average Bonchev–Trinajstić information content (AvgIpc) is 2.91. The Morgan fingerprint density at radius 3 is 2.82 bits per heavy atom. The number of aromatic amines is 1. The minimum absolute atomic E-state index is 0.126. The van der Waals surface area contributed by atoms with Crippen LogP contribution in [0.15, 0.2) is 29.2 Å². The Morgan fingerprint density at radius 2 is 2.14 bits per heavy atom. The number of aromatic nitrogens is 3. The monoisotopic (exact) mass is 300 g/mol. The van der Waals surface area contributed by atoms with Crippen molar-refractivity contribution in [2.75, 3.05) is 20.7 Å². The highest BCUT2D eigenvalue weighted by atomic mass is 16.5. The molecule has 7 heteroatoms. The Balaban J connectivity index is 2.31. The third-order valence-corrected chi connectivity index (χ3v) is 3.37. The summed E-state index contributed by atoms with van der Waals surface area (Å²) < 4.78 is 7.12. The van der Waals surface area contributed by atoms with E-state index in [4.69, 9.17) is 4.74 Å². The molecule has 0 aliphatic carbocycles. The number of amides is 1. The first kappa shape index (κ1) is 14.1. The lowest BCUT2D eigenvalue weighted by molar-refractivity contribution is 0.0827. The molecule has 0 atom stereocenters. The normalized spacial score (nSPS) is 11.0. The van der Waals surface area contributed by atoms with Gasteiger partial charge >= 0.3 is 6.01 Å². The van der Waals surface area contributed by atoms with Gasteiger partial charge in [-0.1, -0.05) is 0 Å². The molecule has 0 spiro atoms. The minimum atomic E-state index is -0.277. The molecule has 0 fully saturated rings. The summed E-state index contributed by atoms with van der Waals surface area (Å²) in [7, 11) is 3.36. The number of hydrogen-bond acceptors (Lipinski definition) is 4. The molecule has 1 amide bonds. The molecule has 2 heterocycles.